The van der Waals surface area contributed by atoms with Gasteiger partial charge in [0.1, 0.15) is 0 Å². The standard InChI is InChI=1S/C26H19NS/c1-28-20-15-13-19(14-16-20)24-17-26(27-25-12-5-4-10-23(24)25)22-11-6-8-18-7-2-3-9-21(18)22/h2-17H,1H3. The maximum absolute atomic E-state index is 5.01. The Balaban J connectivity index is 1.79. The quantitative estimate of drug-likeness (QED) is 0.303. The lowest BCUT2D eigenvalue weighted by Gasteiger charge is -2.12. The minimum atomic E-state index is 1.01. The van der Waals surface area contributed by atoms with Crippen LogP contribution in [0.3, 0.4) is 0 Å². The SMILES string of the molecule is CSc1ccc(-c2cc(-c3cccc4ccccc34)nc3ccccc23)cc1. The Bertz CT molecular complexity index is 1280. The van der Waals surface area contributed by atoms with Gasteiger partial charge in [0.05, 0.1) is 11.2 Å². The number of aromatic nitrogens is 1. The molecule has 5 rings (SSSR count). The minimum absolute atomic E-state index is 1.01. The molecule has 0 aliphatic rings. The number of thioether (sulfide) groups is 1. The number of hydrogen-bond acceptors (Lipinski definition) is 2. The highest BCUT2D eigenvalue weighted by atomic mass is 32.2. The van der Waals surface area contributed by atoms with E-state index in [0.29, 0.717) is 0 Å². The van der Waals surface area contributed by atoms with Gasteiger partial charge in [0.15, 0.2) is 0 Å². The van der Waals surface area contributed by atoms with Gasteiger partial charge in [0.25, 0.3) is 0 Å². The number of pyridine rings is 1. The number of hydrogen-bond donors (Lipinski definition) is 0. The van der Waals surface area contributed by atoms with Crippen LogP contribution < -0.4 is 0 Å². The molecule has 0 radical (unpaired) electrons. The highest BCUT2D eigenvalue weighted by molar-refractivity contribution is 7.98. The van der Waals surface area contributed by atoms with Crippen LogP contribution in [0.5, 0.6) is 0 Å². The van der Waals surface area contributed by atoms with E-state index in [9.17, 15) is 0 Å². The van der Waals surface area contributed by atoms with Gasteiger partial charge in [-0.1, -0.05) is 72.8 Å². The van der Waals surface area contributed by atoms with Gasteiger partial charge < -0.3 is 0 Å². The van der Waals surface area contributed by atoms with Crippen molar-refractivity contribution < 1.29 is 0 Å². The minimum Gasteiger partial charge on any atom is -0.248 e. The molecule has 0 bridgehead atoms. The largest absolute Gasteiger partial charge is 0.248 e. The van der Waals surface area contributed by atoms with E-state index in [1.165, 1.54) is 37.7 Å². The van der Waals surface area contributed by atoms with Crippen molar-refractivity contribution in [2.45, 2.75) is 4.90 Å². The van der Waals surface area contributed by atoms with Crippen molar-refractivity contribution in [2.75, 3.05) is 6.26 Å². The van der Waals surface area contributed by atoms with Crippen molar-refractivity contribution in [1.29, 1.82) is 0 Å². The van der Waals surface area contributed by atoms with Crippen LogP contribution in [0.15, 0.2) is 102 Å². The first-order chi connectivity index (χ1) is 13.8. The topological polar surface area (TPSA) is 12.9 Å². The van der Waals surface area contributed by atoms with Gasteiger partial charge in [-0.3, -0.25) is 0 Å². The van der Waals surface area contributed by atoms with Crippen LogP contribution in [0.4, 0.5) is 0 Å². The fourth-order valence-electron chi connectivity index (χ4n) is 3.77. The second kappa shape index (κ2) is 7.14. The molecule has 0 fully saturated rings. The zero-order valence-corrected chi connectivity index (χ0v) is 16.4. The molecule has 2 heteroatoms. The van der Waals surface area contributed by atoms with Gasteiger partial charge >= 0.3 is 0 Å². The molecule has 4 aromatic carbocycles. The molecule has 1 aromatic heterocycles. The normalized spacial score (nSPS) is 11.2. The Labute approximate surface area is 169 Å². The second-order valence-corrected chi connectivity index (χ2v) is 7.71. The summed E-state index contributed by atoms with van der Waals surface area (Å²) in [6, 6.07) is 34.4. The maximum atomic E-state index is 5.01. The molecule has 0 unspecified atom stereocenters. The van der Waals surface area contributed by atoms with Crippen LogP contribution in [0.2, 0.25) is 0 Å². The molecule has 0 spiro atoms. The molecular formula is C26H19NS. The fourth-order valence-corrected chi connectivity index (χ4v) is 4.18. The molecule has 0 saturated carbocycles. The van der Waals surface area contributed by atoms with E-state index in [4.69, 9.17) is 4.98 Å². The van der Waals surface area contributed by atoms with E-state index in [-0.39, 0.29) is 0 Å². The van der Waals surface area contributed by atoms with Gasteiger partial charge in [-0.25, -0.2) is 4.98 Å². The Morgan fingerprint density at radius 2 is 1.36 bits per heavy atom. The van der Waals surface area contributed by atoms with Gasteiger partial charge in [0, 0.05) is 15.8 Å². The van der Waals surface area contributed by atoms with Gasteiger partial charge in [-0.15, -0.1) is 11.8 Å². The molecule has 5 aromatic rings. The highest BCUT2D eigenvalue weighted by Crippen LogP contribution is 2.35. The van der Waals surface area contributed by atoms with Crippen molar-refractivity contribution in [1.82, 2.24) is 4.98 Å². The molecule has 0 N–H and O–H groups in total. The Kier molecular flexibility index (Phi) is 4.34. The predicted molar refractivity (Wildman–Crippen MR) is 122 cm³/mol. The zero-order valence-electron chi connectivity index (χ0n) is 15.6. The molecule has 0 saturated heterocycles. The van der Waals surface area contributed by atoms with Crippen molar-refractivity contribution in [3.8, 4) is 22.4 Å². The Hall–Kier alpha value is -3.10. The monoisotopic (exact) mass is 377 g/mol. The molecule has 28 heavy (non-hydrogen) atoms. The van der Waals surface area contributed by atoms with Crippen LogP contribution in [-0.4, -0.2) is 11.2 Å². The van der Waals surface area contributed by atoms with Crippen molar-refractivity contribution in [2.24, 2.45) is 0 Å². The molecule has 0 aliphatic heterocycles. The number of rotatable bonds is 3. The van der Waals surface area contributed by atoms with Crippen molar-refractivity contribution in [3.63, 3.8) is 0 Å². The molecule has 1 nitrogen and oxygen atoms in total. The van der Waals surface area contributed by atoms with Crippen LogP contribution in [-0.2, 0) is 0 Å². The zero-order chi connectivity index (χ0) is 18.9. The lowest BCUT2D eigenvalue weighted by molar-refractivity contribution is 1.40. The number of para-hydroxylation sites is 1. The third kappa shape index (κ3) is 2.96. The van der Waals surface area contributed by atoms with Crippen LogP contribution in [0.1, 0.15) is 0 Å². The first kappa shape index (κ1) is 17.0. The summed E-state index contributed by atoms with van der Waals surface area (Å²) in [7, 11) is 0. The average molecular weight is 378 g/mol. The first-order valence-corrected chi connectivity index (χ1v) is 10.6. The van der Waals surface area contributed by atoms with Gasteiger partial charge in [0.2, 0.25) is 0 Å². The van der Waals surface area contributed by atoms with E-state index in [1.807, 2.05) is 0 Å². The molecule has 1 heterocycles. The molecular weight excluding hydrogens is 358 g/mol. The molecule has 0 atom stereocenters. The van der Waals surface area contributed by atoms with E-state index >= 15 is 0 Å². The lowest BCUT2D eigenvalue weighted by atomic mass is 9.96. The number of fused-ring (bicyclic) bond motifs is 2. The van der Waals surface area contributed by atoms with E-state index in [2.05, 4.69) is 103 Å². The first-order valence-electron chi connectivity index (χ1n) is 9.36. The summed E-state index contributed by atoms with van der Waals surface area (Å²) in [5.74, 6) is 0. The summed E-state index contributed by atoms with van der Waals surface area (Å²) in [4.78, 5) is 6.29. The maximum Gasteiger partial charge on any atom is 0.0722 e. The molecule has 0 amide bonds. The van der Waals surface area contributed by atoms with Gasteiger partial charge in [-0.05, 0) is 52.4 Å². The fraction of sp³-hybridized carbons (Fsp3) is 0.0385. The summed E-state index contributed by atoms with van der Waals surface area (Å²) >= 11 is 1.77. The van der Waals surface area contributed by atoms with Crippen LogP contribution >= 0.6 is 11.8 Å². The van der Waals surface area contributed by atoms with Gasteiger partial charge in [-0.2, -0.15) is 0 Å². The third-order valence-corrected chi connectivity index (χ3v) is 5.93. The summed E-state index contributed by atoms with van der Waals surface area (Å²) in [5, 5.41) is 3.65. The number of benzene rings is 4. The van der Waals surface area contributed by atoms with Crippen molar-refractivity contribution in [3.05, 3.63) is 97.1 Å². The average Bonchev–Trinajstić information content (AvgIpc) is 2.78. The summed E-state index contributed by atoms with van der Waals surface area (Å²) in [5.41, 5.74) is 5.65. The Morgan fingerprint density at radius 3 is 2.18 bits per heavy atom. The van der Waals surface area contributed by atoms with Crippen LogP contribution in [0, 0.1) is 0 Å². The predicted octanol–water partition coefficient (Wildman–Crippen LogP) is 7.44. The van der Waals surface area contributed by atoms with Crippen molar-refractivity contribution >= 4 is 33.4 Å². The van der Waals surface area contributed by atoms with E-state index in [0.717, 1.165) is 11.2 Å². The van der Waals surface area contributed by atoms with E-state index < -0.39 is 0 Å². The smallest absolute Gasteiger partial charge is 0.0722 e. The summed E-state index contributed by atoms with van der Waals surface area (Å²) in [6.45, 7) is 0. The molecule has 134 valence electrons. The van der Waals surface area contributed by atoms with E-state index in [1.54, 1.807) is 11.8 Å². The number of nitrogens with zero attached hydrogens (tertiary/aromatic N) is 1. The van der Waals surface area contributed by atoms with Crippen LogP contribution in [0.25, 0.3) is 44.1 Å². The molecule has 0 aliphatic carbocycles. The highest BCUT2D eigenvalue weighted by Gasteiger charge is 2.11. The lowest BCUT2D eigenvalue weighted by Crippen LogP contribution is -1.91. The third-order valence-electron chi connectivity index (χ3n) is 5.18. The second-order valence-electron chi connectivity index (χ2n) is 6.83. The summed E-state index contributed by atoms with van der Waals surface area (Å²) < 4.78 is 0. The summed E-state index contributed by atoms with van der Waals surface area (Å²) in [6.07, 6.45) is 2.11. The Morgan fingerprint density at radius 1 is 0.643 bits per heavy atom.